The van der Waals surface area contributed by atoms with Gasteiger partial charge in [-0.2, -0.15) is 5.26 Å². The van der Waals surface area contributed by atoms with Gasteiger partial charge in [-0.15, -0.1) is 0 Å². The van der Waals surface area contributed by atoms with Crippen molar-refractivity contribution in [3.8, 4) is 6.07 Å². The SMILES string of the molecule is Cc1ccc(C)c(NC(=O)C[NH+](C)[C@@H](C)C(=O)Nc2ccccc2C#N)c1. The second-order valence-corrected chi connectivity index (χ2v) is 6.76. The molecule has 2 rings (SSSR count). The van der Waals surface area contributed by atoms with E-state index in [4.69, 9.17) is 5.26 Å². The first-order chi connectivity index (χ1) is 12.8. The van der Waals surface area contributed by atoms with Gasteiger partial charge in [-0.25, -0.2) is 0 Å². The number of nitrogens with one attached hydrogen (secondary N) is 3. The van der Waals surface area contributed by atoms with Gasteiger partial charge in [-0.3, -0.25) is 9.59 Å². The van der Waals surface area contributed by atoms with Crippen LogP contribution in [0, 0.1) is 25.2 Å². The molecule has 1 unspecified atom stereocenters. The first-order valence-corrected chi connectivity index (χ1v) is 8.81. The lowest BCUT2D eigenvalue weighted by atomic mass is 10.1. The number of para-hydroxylation sites is 1. The maximum atomic E-state index is 12.5. The van der Waals surface area contributed by atoms with Crippen molar-refractivity contribution in [1.82, 2.24) is 0 Å². The van der Waals surface area contributed by atoms with E-state index < -0.39 is 6.04 Å². The Balaban J connectivity index is 1.97. The molecule has 0 saturated heterocycles. The Labute approximate surface area is 159 Å². The topological polar surface area (TPSA) is 86.4 Å². The fraction of sp³-hybridized carbons (Fsp3) is 0.286. The van der Waals surface area contributed by atoms with Gasteiger partial charge in [0.15, 0.2) is 12.6 Å². The predicted octanol–water partition coefficient (Wildman–Crippen LogP) is 1.66. The largest absolute Gasteiger partial charge is 0.321 e. The summed E-state index contributed by atoms with van der Waals surface area (Å²) in [6.07, 6.45) is 0. The van der Waals surface area contributed by atoms with Crippen LogP contribution in [0.1, 0.15) is 23.6 Å². The van der Waals surface area contributed by atoms with E-state index in [1.54, 1.807) is 38.2 Å². The highest BCUT2D eigenvalue weighted by atomic mass is 16.2. The van der Waals surface area contributed by atoms with E-state index in [1.807, 2.05) is 32.0 Å². The molecule has 0 bridgehead atoms. The van der Waals surface area contributed by atoms with E-state index in [0.717, 1.165) is 21.7 Å². The first kappa shape index (κ1) is 20.1. The molecule has 0 radical (unpaired) electrons. The maximum Gasteiger partial charge on any atom is 0.282 e. The summed E-state index contributed by atoms with van der Waals surface area (Å²) >= 11 is 0. The Kier molecular flexibility index (Phi) is 6.69. The zero-order chi connectivity index (χ0) is 20.0. The van der Waals surface area contributed by atoms with E-state index in [1.165, 1.54) is 0 Å². The molecule has 2 aromatic rings. The van der Waals surface area contributed by atoms with E-state index in [0.29, 0.717) is 11.3 Å². The summed E-state index contributed by atoms with van der Waals surface area (Å²) in [6.45, 7) is 5.82. The van der Waals surface area contributed by atoms with Crippen molar-refractivity contribution in [2.45, 2.75) is 26.8 Å². The van der Waals surface area contributed by atoms with E-state index >= 15 is 0 Å². The number of hydrogen-bond donors (Lipinski definition) is 3. The van der Waals surface area contributed by atoms with Crippen LogP contribution in [0.4, 0.5) is 11.4 Å². The number of quaternary nitrogens is 1. The van der Waals surface area contributed by atoms with Crippen LogP contribution in [-0.4, -0.2) is 31.4 Å². The van der Waals surface area contributed by atoms with Gasteiger partial charge in [0, 0.05) is 5.69 Å². The molecular weight excluding hydrogens is 340 g/mol. The van der Waals surface area contributed by atoms with Gasteiger partial charge in [0.25, 0.3) is 11.8 Å². The van der Waals surface area contributed by atoms with Crippen LogP contribution in [0.2, 0.25) is 0 Å². The zero-order valence-electron chi connectivity index (χ0n) is 16.1. The van der Waals surface area contributed by atoms with E-state index in [-0.39, 0.29) is 18.4 Å². The Morgan fingerprint density at radius 3 is 2.52 bits per heavy atom. The lowest BCUT2D eigenvalue weighted by Crippen LogP contribution is -3.14. The molecule has 2 amide bonds. The van der Waals surface area contributed by atoms with Crippen molar-refractivity contribution in [2.75, 3.05) is 24.2 Å². The molecule has 0 heterocycles. The average Bonchev–Trinajstić information content (AvgIpc) is 2.64. The van der Waals surface area contributed by atoms with Crippen molar-refractivity contribution in [3.05, 3.63) is 59.2 Å². The highest BCUT2D eigenvalue weighted by Gasteiger charge is 2.24. The molecule has 27 heavy (non-hydrogen) atoms. The van der Waals surface area contributed by atoms with Crippen LogP contribution >= 0.6 is 0 Å². The number of hydrogen-bond acceptors (Lipinski definition) is 3. The summed E-state index contributed by atoms with van der Waals surface area (Å²) in [6, 6.07) is 14.3. The molecule has 0 fully saturated rings. The summed E-state index contributed by atoms with van der Waals surface area (Å²) in [5, 5.41) is 14.8. The molecule has 140 valence electrons. The number of amides is 2. The summed E-state index contributed by atoms with van der Waals surface area (Å²) in [7, 11) is 1.79. The smallest absolute Gasteiger partial charge is 0.282 e. The third-order valence-corrected chi connectivity index (χ3v) is 4.54. The van der Waals surface area contributed by atoms with Crippen molar-refractivity contribution in [1.29, 1.82) is 5.26 Å². The van der Waals surface area contributed by atoms with Crippen LogP contribution < -0.4 is 15.5 Å². The third kappa shape index (κ3) is 5.40. The summed E-state index contributed by atoms with van der Waals surface area (Å²) < 4.78 is 0. The molecule has 0 aromatic heterocycles. The van der Waals surface area contributed by atoms with Crippen LogP contribution in [0.25, 0.3) is 0 Å². The molecule has 2 aromatic carbocycles. The minimum absolute atomic E-state index is 0.154. The lowest BCUT2D eigenvalue weighted by Gasteiger charge is -2.21. The fourth-order valence-corrected chi connectivity index (χ4v) is 2.63. The number of nitrogens with zero attached hydrogens (tertiary/aromatic N) is 1. The van der Waals surface area contributed by atoms with Gasteiger partial charge in [0.1, 0.15) is 6.07 Å². The van der Waals surface area contributed by atoms with Crippen molar-refractivity contribution in [2.24, 2.45) is 0 Å². The minimum atomic E-state index is -0.457. The average molecular weight is 365 g/mol. The van der Waals surface area contributed by atoms with Crippen molar-refractivity contribution >= 4 is 23.2 Å². The van der Waals surface area contributed by atoms with Gasteiger partial charge < -0.3 is 15.5 Å². The summed E-state index contributed by atoms with van der Waals surface area (Å²) in [4.78, 5) is 25.6. The van der Waals surface area contributed by atoms with E-state index in [9.17, 15) is 9.59 Å². The van der Waals surface area contributed by atoms with Gasteiger partial charge in [-0.05, 0) is 50.1 Å². The van der Waals surface area contributed by atoms with Gasteiger partial charge >= 0.3 is 0 Å². The number of anilines is 2. The quantitative estimate of drug-likeness (QED) is 0.728. The monoisotopic (exact) mass is 365 g/mol. The third-order valence-electron chi connectivity index (χ3n) is 4.54. The van der Waals surface area contributed by atoms with Crippen LogP contribution in [-0.2, 0) is 9.59 Å². The standard InChI is InChI=1S/C21H24N4O2/c1-14-9-10-15(2)19(11-14)23-20(26)13-25(4)16(3)21(27)24-18-8-6-5-7-17(18)12-22/h5-11,16H,13H2,1-4H3,(H,23,26)(H,24,27)/p+1/t16-/m0/s1. The number of nitriles is 1. The Hall–Kier alpha value is -3.17. The summed E-state index contributed by atoms with van der Waals surface area (Å²) in [5.74, 6) is -0.395. The highest BCUT2D eigenvalue weighted by molar-refractivity contribution is 5.95. The molecule has 2 atom stereocenters. The number of aryl methyl sites for hydroxylation is 2. The molecule has 6 heteroatoms. The summed E-state index contributed by atoms with van der Waals surface area (Å²) in [5.41, 5.74) is 3.73. The molecule has 0 aliphatic carbocycles. The highest BCUT2D eigenvalue weighted by Crippen LogP contribution is 2.16. The molecule has 0 spiro atoms. The van der Waals surface area contributed by atoms with Crippen molar-refractivity contribution < 1.29 is 14.5 Å². The van der Waals surface area contributed by atoms with Crippen molar-refractivity contribution in [3.63, 3.8) is 0 Å². The number of likely N-dealkylation sites (N-methyl/N-ethyl adjacent to an activating group) is 1. The van der Waals surface area contributed by atoms with Crippen LogP contribution in [0.5, 0.6) is 0 Å². The maximum absolute atomic E-state index is 12.5. The zero-order valence-corrected chi connectivity index (χ0v) is 16.1. The predicted molar refractivity (Wildman–Crippen MR) is 106 cm³/mol. The Morgan fingerprint density at radius 1 is 1.11 bits per heavy atom. The lowest BCUT2D eigenvalue weighted by molar-refractivity contribution is -0.885. The van der Waals surface area contributed by atoms with E-state index in [2.05, 4.69) is 16.7 Å². The second kappa shape index (κ2) is 8.97. The molecule has 3 N–H and O–H groups in total. The van der Waals surface area contributed by atoms with Crippen LogP contribution in [0.15, 0.2) is 42.5 Å². The molecule has 6 nitrogen and oxygen atoms in total. The first-order valence-electron chi connectivity index (χ1n) is 8.81. The Morgan fingerprint density at radius 2 is 1.81 bits per heavy atom. The number of rotatable bonds is 6. The second-order valence-electron chi connectivity index (χ2n) is 6.76. The fourth-order valence-electron chi connectivity index (χ4n) is 2.63. The number of carbonyl (C=O) groups excluding carboxylic acids is 2. The van der Waals surface area contributed by atoms with Gasteiger partial charge in [0.2, 0.25) is 0 Å². The number of carbonyl (C=O) groups is 2. The van der Waals surface area contributed by atoms with Gasteiger partial charge in [0.05, 0.1) is 18.3 Å². The Bertz CT molecular complexity index is 886. The molecule has 0 aliphatic heterocycles. The molecular formula is C21H25N4O2+. The molecule has 0 saturated carbocycles. The number of benzene rings is 2. The van der Waals surface area contributed by atoms with Gasteiger partial charge in [-0.1, -0.05) is 24.3 Å². The molecule has 0 aliphatic rings. The minimum Gasteiger partial charge on any atom is -0.321 e. The normalized spacial score (nSPS) is 12.6. The van der Waals surface area contributed by atoms with Crippen LogP contribution in [0.3, 0.4) is 0 Å².